The number of hydrogen-bond donors (Lipinski definition) is 2. The number of amides is 2. The number of nitrogens with zero attached hydrogens (tertiary/aromatic N) is 3. The Bertz CT molecular complexity index is 1250. The highest BCUT2D eigenvalue weighted by atomic mass is 35.5. The lowest BCUT2D eigenvalue weighted by molar-refractivity contribution is 0.247. The molecular weight excluding hydrogens is 503 g/mol. The molecule has 11 heteroatoms. The van der Waals surface area contributed by atoms with Crippen LogP contribution in [-0.2, 0) is 6.54 Å². The van der Waals surface area contributed by atoms with Gasteiger partial charge < -0.3 is 15.5 Å². The molecule has 34 heavy (non-hydrogen) atoms. The number of urea groups is 1. The average molecular weight is 522 g/mol. The zero-order chi connectivity index (χ0) is 23.8. The highest BCUT2D eigenvalue weighted by Gasteiger charge is 2.32. The van der Waals surface area contributed by atoms with Gasteiger partial charge in [0.1, 0.15) is 23.3 Å². The van der Waals surface area contributed by atoms with Gasteiger partial charge in [0.15, 0.2) is 0 Å². The summed E-state index contributed by atoms with van der Waals surface area (Å²) in [6.07, 6.45) is 0. The van der Waals surface area contributed by atoms with Crippen LogP contribution in [0.4, 0.5) is 30.9 Å². The van der Waals surface area contributed by atoms with Crippen molar-refractivity contribution < 1.29 is 13.6 Å². The number of fused-ring (bicyclic) bond motifs is 1. The quantitative estimate of drug-likeness (QED) is 0.468. The Hall–Kier alpha value is -2.59. The van der Waals surface area contributed by atoms with Gasteiger partial charge in [0.25, 0.3) is 0 Å². The van der Waals surface area contributed by atoms with E-state index in [0.717, 1.165) is 24.7 Å². The van der Waals surface area contributed by atoms with Crippen LogP contribution in [-0.4, -0.2) is 37.2 Å². The predicted molar refractivity (Wildman–Crippen MR) is 131 cm³/mol. The molecule has 2 N–H and O–H groups in total. The number of pyridine rings is 1. The minimum Gasteiger partial charge on any atom is -0.353 e. The van der Waals surface area contributed by atoms with Crippen molar-refractivity contribution in [1.29, 1.82) is 0 Å². The summed E-state index contributed by atoms with van der Waals surface area (Å²) < 4.78 is 27.9. The Labute approximate surface area is 209 Å². The first-order valence-corrected chi connectivity index (χ1v) is 12.1. The number of anilines is 3. The van der Waals surface area contributed by atoms with Crippen molar-refractivity contribution in [2.75, 3.05) is 36.0 Å². The SMILES string of the molecule is O=C1NCc2cc(Sc3ccc(F)cc3F)c(N3CCNCC3)nc2N1c1c(Cl)cccc1Cl. The van der Waals surface area contributed by atoms with Crippen molar-refractivity contribution >= 4 is 58.3 Å². The van der Waals surface area contributed by atoms with Gasteiger partial charge >= 0.3 is 6.03 Å². The van der Waals surface area contributed by atoms with Crippen LogP contribution >= 0.6 is 35.0 Å². The summed E-state index contributed by atoms with van der Waals surface area (Å²) in [5, 5.41) is 6.75. The normalized spacial score (nSPS) is 15.8. The summed E-state index contributed by atoms with van der Waals surface area (Å²) in [5.74, 6) is -0.262. The highest BCUT2D eigenvalue weighted by Crippen LogP contribution is 2.44. The van der Waals surface area contributed by atoms with Gasteiger partial charge in [-0.15, -0.1) is 0 Å². The number of nitrogens with one attached hydrogen (secondary N) is 2. The van der Waals surface area contributed by atoms with Crippen molar-refractivity contribution in [2.24, 2.45) is 0 Å². The van der Waals surface area contributed by atoms with Crippen LogP contribution in [0.25, 0.3) is 0 Å². The maximum absolute atomic E-state index is 14.5. The third-order valence-electron chi connectivity index (χ3n) is 5.56. The summed E-state index contributed by atoms with van der Waals surface area (Å²) in [6.45, 7) is 3.12. The molecule has 0 bridgehead atoms. The van der Waals surface area contributed by atoms with Crippen LogP contribution in [0.2, 0.25) is 10.0 Å². The molecule has 3 aromatic rings. The monoisotopic (exact) mass is 521 g/mol. The van der Waals surface area contributed by atoms with Crippen molar-refractivity contribution in [2.45, 2.75) is 16.3 Å². The number of rotatable bonds is 4. The molecular formula is C23H19Cl2F2N5OS. The fourth-order valence-electron chi connectivity index (χ4n) is 3.95. The van der Waals surface area contributed by atoms with Crippen LogP contribution in [0.5, 0.6) is 0 Å². The van der Waals surface area contributed by atoms with E-state index in [1.807, 2.05) is 6.07 Å². The zero-order valence-electron chi connectivity index (χ0n) is 17.7. The Morgan fingerprint density at radius 3 is 2.41 bits per heavy atom. The largest absolute Gasteiger partial charge is 0.353 e. The Balaban J connectivity index is 1.65. The van der Waals surface area contributed by atoms with Gasteiger partial charge in [-0.2, -0.15) is 0 Å². The van der Waals surface area contributed by atoms with Crippen molar-refractivity contribution in [1.82, 2.24) is 15.6 Å². The van der Waals surface area contributed by atoms with Crippen molar-refractivity contribution in [3.05, 3.63) is 69.7 Å². The van der Waals surface area contributed by atoms with Gasteiger partial charge in [0.05, 0.1) is 20.6 Å². The van der Waals surface area contributed by atoms with Gasteiger partial charge in [0, 0.05) is 49.2 Å². The van der Waals surface area contributed by atoms with E-state index in [1.54, 1.807) is 18.2 Å². The third kappa shape index (κ3) is 4.40. The topological polar surface area (TPSA) is 60.5 Å². The van der Waals surface area contributed by atoms with Crippen molar-refractivity contribution in [3.63, 3.8) is 0 Å². The Morgan fingerprint density at radius 2 is 1.71 bits per heavy atom. The molecule has 0 unspecified atom stereocenters. The molecule has 0 spiro atoms. The van der Waals surface area contributed by atoms with Gasteiger partial charge in [-0.05, 0) is 30.3 Å². The van der Waals surface area contributed by atoms with E-state index in [4.69, 9.17) is 28.2 Å². The number of benzene rings is 2. The molecule has 0 aliphatic carbocycles. The molecule has 2 amide bonds. The van der Waals surface area contributed by atoms with Gasteiger partial charge in [0.2, 0.25) is 0 Å². The summed E-state index contributed by atoms with van der Waals surface area (Å²) >= 11 is 14.0. The molecule has 2 aliphatic heterocycles. The second kappa shape index (κ2) is 9.58. The van der Waals surface area contributed by atoms with Gasteiger partial charge in [-0.3, -0.25) is 0 Å². The van der Waals surface area contributed by atoms with E-state index < -0.39 is 17.7 Å². The molecule has 2 aliphatic rings. The van der Waals surface area contributed by atoms with E-state index in [2.05, 4.69) is 15.5 Å². The minimum absolute atomic E-state index is 0.237. The number of carbonyl (C=O) groups excluding carboxylic acids is 1. The lowest BCUT2D eigenvalue weighted by Crippen LogP contribution is -2.45. The lowest BCUT2D eigenvalue weighted by atomic mass is 10.1. The van der Waals surface area contributed by atoms with Crippen molar-refractivity contribution in [3.8, 4) is 0 Å². The van der Waals surface area contributed by atoms with Gasteiger partial charge in [-0.1, -0.05) is 41.0 Å². The highest BCUT2D eigenvalue weighted by molar-refractivity contribution is 7.99. The number of halogens is 4. The van der Waals surface area contributed by atoms with E-state index in [1.165, 1.54) is 28.8 Å². The van der Waals surface area contributed by atoms with Crippen LogP contribution in [0.15, 0.2) is 52.3 Å². The standard InChI is InChI=1S/C23H19Cl2F2N5OS/c24-15-2-1-3-16(25)20(15)32-21-13(12-29-23(32)33)10-19(22(30-21)31-8-6-28-7-9-31)34-18-5-4-14(26)11-17(18)27/h1-5,10-11,28H,6-9,12H2,(H,29,33). The summed E-state index contributed by atoms with van der Waals surface area (Å²) in [5.41, 5.74) is 1.06. The number of para-hydroxylation sites is 1. The van der Waals surface area contributed by atoms with Gasteiger partial charge in [-0.25, -0.2) is 23.5 Å². The molecule has 3 heterocycles. The van der Waals surface area contributed by atoms with E-state index in [0.29, 0.717) is 45.4 Å². The molecule has 6 nitrogen and oxygen atoms in total. The first kappa shape index (κ1) is 23.2. The molecule has 5 rings (SSSR count). The fraction of sp³-hybridized carbons (Fsp3) is 0.217. The summed E-state index contributed by atoms with van der Waals surface area (Å²) in [7, 11) is 0. The minimum atomic E-state index is -0.647. The number of carbonyl (C=O) groups is 1. The summed E-state index contributed by atoms with van der Waals surface area (Å²) in [6, 6.07) is 9.99. The zero-order valence-corrected chi connectivity index (χ0v) is 20.1. The smallest absolute Gasteiger partial charge is 0.328 e. The molecule has 2 aromatic carbocycles. The van der Waals surface area contributed by atoms with E-state index in [-0.39, 0.29) is 11.4 Å². The molecule has 176 valence electrons. The molecule has 1 fully saturated rings. The average Bonchev–Trinajstić information content (AvgIpc) is 2.82. The second-order valence-corrected chi connectivity index (χ2v) is 9.67. The van der Waals surface area contributed by atoms with E-state index >= 15 is 0 Å². The van der Waals surface area contributed by atoms with Crippen LogP contribution in [0.1, 0.15) is 5.56 Å². The first-order chi connectivity index (χ1) is 16.4. The molecule has 0 atom stereocenters. The number of aromatic nitrogens is 1. The number of hydrogen-bond acceptors (Lipinski definition) is 5. The predicted octanol–water partition coefficient (Wildman–Crippen LogP) is 5.59. The maximum Gasteiger partial charge on any atom is 0.328 e. The second-order valence-electron chi connectivity index (χ2n) is 7.77. The maximum atomic E-state index is 14.5. The Morgan fingerprint density at radius 1 is 0.971 bits per heavy atom. The lowest BCUT2D eigenvalue weighted by Gasteiger charge is -2.34. The Kier molecular flexibility index (Phi) is 6.52. The molecule has 1 aromatic heterocycles. The first-order valence-electron chi connectivity index (χ1n) is 10.6. The molecule has 1 saturated heterocycles. The fourth-order valence-corrected chi connectivity index (χ4v) is 5.51. The van der Waals surface area contributed by atoms with E-state index in [9.17, 15) is 13.6 Å². The van der Waals surface area contributed by atoms with Crippen LogP contribution < -0.4 is 20.4 Å². The summed E-state index contributed by atoms with van der Waals surface area (Å²) in [4.78, 5) is 22.3. The molecule has 0 radical (unpaired) electrons. The molecule has 0 saturated carbocycles. The van der Waals surface area contributed by atoms with Crippen LogP contribution in [0.3, 0.4) is 0 Å². The van der Waals surface area contributed by atoms with Crippen LogP contribution in [0, 0.1) is 11.6 Å². The third-order valence-corrected chi connectivity index (χ3v) is 7.24. The number of piperazine rings is 1.